The van der Waals surface area contributed by atoms with Crippen LogP contribution in [0.1, 0.15) is 28.8 Å². The molecule has 36 heavy (non-hydrogen) atoms. The van der Waals surface area contributed by atoms with Gasteiger partial charge >= 0.3 is 0 Å². The van der Waals surface area contributed by atoms with Crippen LogP contribution in [0.2, 0.25) is 15.2 Å². The van der Waals surface area contributed by atoms with Gasteiger partial charge in [0, 0.05) is 28.4 Å². The van der Waals surface area contributed by atoms with E-state index >= 15 is 0 Å². The number of amides is 1. The van der Waals surface area contributed by atoms with Crippen LogP contribution in [-0.4, -0.2) is 17.0 Å². The average Bonchev–Trinajstić information content (AvgIpc) is 2.87. The summed E-state index contributed by atoms with van der Waals surface area (Å²) in [5, 5.41) is 1.44. The molecule has 2 heterocycles. The van der Waals surface area contributed by atoms with E-state index in [2.05, 4.69) is 4.98 Å². The minimum Gasteiger partial charge on any atom is -0.358 e. The normalized spacial score (nSPS) is 19.9. The Morgan fingerprint density at radius 2 is 1.44 bits per heavy atom. The number of benzene rings is 3. The van der Waals surface area contributed by atoms with Gasteiger partial charge in [-0.1, -0.05) is 71.2 Å². The van der Waals surface area contributed by atoms with Gasteiger partial charge in [0.2, 0.25) is 0 Å². The summed E-state index contributed by atoms with van der Waals surface area (Å²) in [6.45, 7) is 0. The van der Waals surface area contributed by atoms with E-state index < -0.39 is 18.2 Å². The number of halogens is 4. The number of hydrogen-bond acceptors (Lipinski definition) is 3. The van der Waals surface area contributed by atoms with E-state index in [0.29, 0.717) is 15.7 Å². The lowest BCUT2D eigenvalue weighted by Crippen LogP contribution is -2.51. The van der Waals surface area contributed by atoms with E-state index in [1.54, 1.807) is 59.6 Å². The number of pyridine rings is 1. The van der Waals surface area contributed by atoms with Crippen LogP contribution in [0.15, 0.2) is 91.1 Å². The summed E-state index contributed by atoms with van der Waals surface area (Å²) in [6.07, 6.45) is 0.461. The first kappa shape index (κ1) is 24.7. The van der Waals surface area contributed by atoms with E-state index in [-0.39, 0.29) is 23.3 Å². The maximum absolute atomic E-state index is 14.0. The molecule has 2 unspecified atom stereocenters. The number of morpholine rings is 1. The molecular weight excluding hydrogens is 522 g/mol. The van der Waals surface area contributed by atoms with E-state index in [0.717, 1.165) is 16.7 Å². The molecule has 0 radical (unpaired) electrons. The molecule has 1 aliphatic rings. The Bertz CT molecular complexity index is 1370. The number of rotatable bonds is 5. The molecule has 4 nitrogen and oxygen atoms in total. The van der Waals surface area contributed by atoms with Crippen molar-refractivity contribution < 1.29 is 13.9 Å². The molecule has 3 atom stereocenters. The second-order valence-corrected chi connectivity index (χ2v) is 9.73. The van der Waals surface area contributed by atoms with Crippen molar-refractivity contribution in [2.75, 3.05) is 4.90 Å². The third-order valence-electron chi connectivity index (χ3n) is 6.12. The standard InChI is InChI=1S/C28H20Cl3FN2O2/c29-20-7-3-18(4-8-20)26-27(19-5-9-21(30)10-6-19)36-24(15-17-1-11-22(32)12-2-17)28(35)34(26)23-13-14-33-25(31)16-23/h1-14,16,24,26-27H,15H2/t24?,26?,27-/m1/s1. The first-order valence-electron chi connectivity index (χ1n) is 11.2. The largest absolute Gasteiger partial charge is 0.358 e. The molecule has 0 N–H and O–H groups in total. The first-order valence-corrected chi connectivity index (χ1v) is 12.4. The van der Waals surface area contributed by atoms with Crippen LogP contribution in [-0.2, 0) is 16.0 Å². The lowest BCUT2D eigenvalue weighted by atomic mass is 9.90. The van der Waals surface area contributed by atoms with Gasteiger partial charge in [0.15, 0.2) is 0 Å². The quantitative estimate of drug-likeness (QED) is 0.244. The summed E-state index contributed by atoms with van der Waals surface area (Å²) in [6, 6.07) is 23.6. The molecule has 0 bridgehead atoms. The minimum atomic E-state index is -0.827. The van der Waals surface area contributed by atoms with Gasteiger partial charge in [0.05, 0.1) is 6.04 Å². The highest BCUT2D eigenvalue weighted by molar-refractivity contribution is 6.31. The SMILES string of the molecule is O=C1C(Cc2ccc(F)cc2)O[C@H](c2ccc(Cl)cc2)C(c2ccc(Cl)cc2)N1c1ccnc(Cl)c1. The monoisotopic (exact) mass is 540 g/mol. The van der Waals surface area contributed by atoms with Gasteiger partial charge < -0.3 is 4.74 Å². The van der Waals surface area contributed by atoms with Crippen LogP contribution in [0.3, 0.4) is 0 Å². The van der Waals surface area contributed by atoms with Crippen LogP contribution < -0.4 is 4.90 Å². The molecule has 8 heteroatoms. The van der Waals surface area contributed by atoms with Gasteiger partial charge in [0.25, 0.3) is 5.91 Å². The Hall–Kier alpha value is -2.96. The van der Waals surface area contributed by atoms with Gasteiger partial charge in [-0.3, -0.25) is 9.69 Å². The number of carbonyl (C=O) groups is 1. The Kier molecular flexibility index (Phi) is 7.26. The molecule has 182 valence electrons. The van der Waals surface area contributed by atoms with E-state index in [1.165, 1.54) is 12.1 Å². The van der Waals surface area contributed by atoms with Gasteiger partial charge in [-0.2, -0.15) is 0 Å². The van der Waals surface area contributed by atoms with Crippen LogP contribution in [0.5, 0.6) is 0 Å². The van der Waals surface area contributed by atoms with E-state index in [9.17, 15) is 9.18 Å². The fraction of sp³-hybridized carbons (Fsp3) is 0.143. The van der Waals surface area contributed by atoms with E-state index in [1.807, 2.05) is 24.3 Å². The predicted molar refractivity (Wildman–Crippen MR) is 140 cm³/mol. The zero-order valence-corrected chi connectivity index (χ0v) is 21.1. The average molecular weight is 542 g/mol. The topological polar surface area (TPSA) is 42.4 Å². The Morgan fingerprint density at radius 1 is 0.833 bits per heavy atom. The van der Waals surface area contributed by atoms with Crippen LogP contribution in [0, 0.1) is 5.82 Å². The molecule has 1 saturated heterocycles. The summed E-state index contributed by atoms with van der Waals surface area (Å²) in [7, 11) is 0. The zero-order chi connectivity index (χ0) is 25.2. The van der Waals surface area contributed by atoms with Crippen molar-refractivity contribution in [1.82, 2.24) is 4.98 Å². The van der Waals surface area contributed by atoms with Crippen molar-refractivity contribution in [3.63, 3.8) is 0 Å². The molecule has 3 aromatic carbocycles. The predicted octanol–water partition coefficient (Wildman–Crippen LogP) is 7.64. The van der Waals surface area contributed by atoms with Crippen molar-refractivity contribution in [3.05, 3.63) is 129 Å². The molecule has 0 spiro atoms. The molecule has 1 amide bonds. The van der Waals surface area contributed by atoms with Gasteiger partial charge in [-0.25, -0.2) is 9.37 Å². The number of hydrogen-bond donors (Lipinski definition) is 0. The summed E-state index contributed by atoms with van der Waals surface area (Å²) in [4.78, 5) is 19.8. The number of aromatic nitrogens is 1. The van der Waals surface area contributed by atoms with Crippen molar-refractivity contribution in [1.29, 1.82) is 0 Å². The lowest BCUT2D eigenvalue weighted by Gasteiger charge is -2.45. The molecular formula is C28H20Cl3FN2O2. The van der Waals surface area contributed by atoms with Crippen molar-refractivity contribution in [3.8, 4) is 0 Å². The number of anilines is 1. The highest BCUT2D eigenvalue weighted by Gasteiger charge is 2.45. The maximum atomic E-state index is 14.0. The van der Waals surface area contributed by atoms with Crippen molar-refractivity contribution >= 4 is 46.4 Å². The highest BCUT2D eigenvalue weighted by Crippen LogP contribution is 2.45. The third kappa shape index (κ3) is 5.25. The second kappa shape index (κ2) is 10.6. The van der Waals surface area contributed by atoms with Gasteiger partial charge in [-0.15, -0.1) is 0 Å². The number of carbonyl (C=O) groups excluding carboxylic acids is 1. The molecule has 5 rings (SSSR count). The molecule has 0 aliphatic carbocycles. The summed E-state index contributed by atoms with van der Waals surface area (Å²) >= 11 is 18.6. The Balaban J connectivity index is 1.64. The molecule has 0 saturated carbocycles. The van der Waals surface area contributed by atoms with Crippen LogP contribution in [0.25, 0.3) is 0 Å². The third-order valence-corrected chi connectivity index (χ3v) is 6.83. The van der Waals surface area contributed by atoms with Crippen molar-refractivity contribution in [2.24, 2.45) is 0 Å². The number of nitrogens with zero attached hydrogens (tertiary/aromatic N) is 2. The van der Waals surface area contributed by atoms with Gasteiger partial charge in [0.1, 0.15) is 23.2 Å². The molecule has 1 aliphatic heterocycles. The van der Waals surface area contributed by atoms with Crippen LogP contribution >= 0.6 is 34.8 Å². The molecule has 4 aromatic rings. The summed E-state index contributed by atoms with van der Waals surface area (Å²) in [5.74, 6) is -0.587. The summed E-state index contributed by atoms with van der Waals surface area (Å²) in [5.41, 5.74) is 3.05. The van der Waals surface area contributed by atoms with E-state index in [4.69, 9.17) is 39.5 Å². The second-order valence-electron chi connectivity index (χ2n) is 8.47. The van der Waals surface area contributed by atoms with Crippen molar-refractivity contribution in [2.45, 2.75) is 24.7 Å². The summed E-state index contributed by atoms with van der Waals surface area (Å²) < 4.78 is 20.0. The maximum Gasteiger partial charge on any atom is 0.257 e. The smallest absolute Gasteiger partial charge is 0.257 e. The Morgan fingerprint density at radius 3 is 2.06 bits per heavy atom. The number of ether oxygens (including phenoxy) is 1. The van der Waals surface area contributed by atoms with Crippen LogP contribution in [0.4, 0.5) is 10.1 Å². The highest BCUT2D eigenvalue weighted by atomic mass is 35.5. The fourth-order valence-electron chi connectivity index (χ4n) is 4.43. The zero-order valence-electron chi connectivity index (χ0n) is 18.8. The lowest BCUT2D eigenvalue weighted by molar-refractivity contribution is -0.144. The first-order chi connectivity index (χ1) is 17.4. The Labute approximate surface area is 223 Å². The van der Waals surface area contributed by atoms with Gasteiger partial charge in [-0.05, 0) is 65.2 Å². The minimum absolute atomic E-state index is 0.244. The molecule has 1 fully saturated rings. The molecule has 1 aromatic heterocycles. The fourth-order valence-corrected chi connectivity index (χ4v) is 4.85.